The van der Waals surface area contributed by atoms with Crippen molar-refractivity contribution in [3.63, 3.8) is 0 Å². The van der Waals surface area contributed by atoms with Crippen molar-refractivity contribution in [1.29, 1.82) is 0 Å². The van der Waals surface area contributed by atoms with Crippen LogP contribution in [0.5, 0.6) is 0 Å². The molecule has 0 aromatic rings. The molecule has 2 aliphatic carbocycles. The molecule has 3 atom stereocenters. The van der Waals surface area contributed by atoms with Gasteiger partial charge in [0.05, 0.1) is 0 Å². The molecule has 0 bridgehead atoms. The normalized spacial score (nSPS) is 30.4. The van der Waals surface area contributed by atoms with Crippen LogP contribution in [0, 0.1) is 22.7 Å². The lowest BCUT2D eigenvalue weighted by atomic mass is 9.48. The standard InChI is InChI=1S/C24H41N3S/c1-17(9-7-10-19(3)26-27-22(25)28)11-13-20-18(2)12-14-21-23(4,5)15-8-16-24(20,21)6/h9,12,20-21H,7-8,10-11,13-16H2,1-6H3,(H3,25,27,28)/b17-9?,26-19-/t20-,21-,24+/m1/s1. The summed E-state index contributed by atoms with van der Waals surface area (Å²) in [7, 11) is 0. The number of thiocarbonyl (C=S) groups is 1. The van der Waals surface area contributed by atoms with E-state index in [1.54, 1.807) is 5.57 Å². The SMILES string of the molecule is CC(=CCC/C(C)=N\NC(N)=S)CC[C@@H]1C(C)=CC[C@@H]2C(C)(C)CCC[C@@]12C. The van der Waals surface area contributed by atoms with Crippen LogP contribution >= 0.6 is 12.2 Å². The molecular formula is C24H41N3S. The number of nitrogens with one attached hydrogen (secondary N) is 1. The van der Waals surface area contributed by atoms with E-state index in [-0.39, 0.29) is 5.11 Å². The average molecular weight is 404 g/mol. The molecule has 0 radical (unpaired) electrons. The van der Waals surface area contributed by atoms with Gasteiger partial charge in [0.25, 0.3) is 0 Å². The van der Waals surface area contributed by atoms with E-state index in [9.17, 15) is 0 Å². The molecule has 3 nitrogen and oxygen atoms in total. The van der Waals surface area contributed by atoms with E-state index < -0.39 is 0 Å². The Labute approximate surface area is 178 Å². The molecule has 2 aliphatic rings. The third-order valence-electron chi connectivity index (χ3n) is 7.48. The first kappa shape index (κ1) is 23.1. The molecule has 0 aliphatic heterocycles. The molecule has 0 amide bonds. The second-order valence-corrected chi connectivity index (χ2v) is 10.5. The van der Waals surface area contributed by atoms with Crippen LogP contribution in [0.3, 0.4) is 0 Å². The van der Waals surface area contributed by atoms with E-state index in [0.717, 1.165) is 30.4 Å². The van der Waals surface area contributed by atoms with E-state index >= 15 is 0 Å². The van der Waals surface area contributed by atoms with Crippen LogP contribution in [0.1, 0.15) is 92.9 Å². The number of hydrogen-bond acceptors (Lipinski definition) is 2. The van der Waals surface area contributed by atoms with Gasteiger partial charge in [0.2, 0.25) is 0 Å². The average Bonchev–Trinajstić information content (AvgIpc) is 2.58. The van der Waals surface area contributed by atoms with Crippen LogP contribution in [0.15, 0.2) is 28.4 Å². The summed E-state index contributed by atoms with van der Waals surface area (Å²) >= 11 is 4.78. The van der Waals surface area contributed by atoms with E-state index in [4.69, 9.17) is 18.0 Å². The molecule has 0 aromatic heterocycles. The number of fused-ring (bicyclic) bond motifs is 1. The quantitative estimate of drug-likeness (QED) is 0.221. The van der Waals surface area contributed by atoms with Gasteiger partial charge in [-0.3, -0.25) is 5.43 Å². The number of hydrogen-bond donors (Lipinski definition) is 2. The predicted octanol–water partition coefficient (Wildman–Crippen LogP) is 6.50. The van der Waals surface area contributed by atoms with Crippen LogP contribution in [-0.4, -0.2) is 10.8 Å². The molecule has 4 heteroatoms. The van der Waals surface area contributed by atoms with Gasteiger partial charge in [0.1, 0.15) is 0 Å². The Morgan fingerprint density at radius 2 is 2.00 bits per heavy atom. The summed E-state index contributed by atoms with van der Waals surface area (Å²) in [6.07, 6.45) is 14.8. The molecule has 0 unspecified atom stereocenters. The van der Waals surface area contributed by atoms with E-state index in [1.807, 2.05) is 6.92 Å². The zero-order chi connectivity index (χ0) is 20.9. The largest absolute Gasteiger partial charge is 0.375 e. The molecule has 0 aromatic carbocycles. The van der Waals surface area contributed by atoms with Gasteiger partial charge in [-0.2, -0.15) is 5.10 Å². The molecule has 2 rings (SSSR count). The van der Waals surface area contributed by atoms with Gasteiger partial charge >= 0.3 is 0 Å². The molecule has 0 spiro atoms. The maximum atomic E-state index is 5.41. The highest BCUT2D eigenvalue weighted by molar-refractivity contribution is 7.80. The lowest BCUT2D eigenvalue weighted by molar-refractivity contribution is -0.0390. The molecule has 1 fully saturated rings. The Balaban J connectivity index is 1.95. The van der Waals surface area contributed by atoms with Crippen LogP contribution in [0.4, 0.5) is 0 Å². The second kappa shape index (κ2) is 9.56. The monoisotopic (exact) mass is 403 g/mol. The highest BCUT2D eigenvalue weighted by Crippen LogP contribution is 2.60. The highest BCUT2D eigenvalue weighted by Gasteiger charge is 2.51. The number of nitrogens with zero attached hydrogens (tertiary/aromatic N) is 1. The van der Waals surface area contributed by atoms with Crippen LogP contribution in [0.25, 0.3) is 0 Å². The summed E-state index contributed by atoms with van der Waals surface area (Å²) < 4.78 is 0. The third-order valence-corrected chi connectivity index (χ3v) is 7.57. The van der Waals surface area contributed by atoms with Gasteiger partial charge in [-0.25, -0.2) is 0 Å². The summed E-state index contributed by atoms with van der Waals surface area (Å²) in [5.41, 5.74) is 13.2. The summed E-state index contributed by atoms with van der Waals surface area (Å²) in [5.74, 6) is 1.55. The third kappa shape index (κ3) is 5.68. The lowest BCUT2D eigenvalue weighted by Crippen LogP contribution is -2.48. The molecule has 3 N–H and O–H groups in total. The fourth-order valence-corrected chi connectivity index (χ4v) is 5.95. The highest BCUT2D eigenvalue weighted by atomic mass is 32.1. The van der Waals surface area contributed by atoms with Gasteiger partial charge in [0, 0.05) is 5.71 Å². The maximum absolute atomic E-state index is 5.41. The Morgan fingerprint density at radius 3 is 2.68 bits per heavy atom. The van der Waals surface area contributed by atoms with Gasteiger partial charge < -0.3 is 5.73 Å². The number of rotatable bonds is 7. The van der Waals surface area contributed by atoms with Crippen LogP contribution < -0.4 is 11.2 Å². The fraction of sp³-hybridized carbons (Fsp3) is 0.750. The second-order valence-electron chi connectivity index (χ2n) is 10.1. The zero-order valence-electron chi connectivity index (χ0n) is 18.9. The first-order valence-electron chi connectivity index (χ1n) is 11.0. The van der Waals surface area contributed by atoms with Crippen molar-refractivity contribution in [3.8, 4) is 0 Å². The first-order chi connectivity index (χ1) is 13.1. The van der Waals surface area contributed by atoms with E-state index in [2.05, 4.69) is 57.3 Å². The number of nitrogens with two attached hydrogens (primary N) is 1. The minimum absolute atomic E-state index is 0.222. The van der Waals surface area contributed by atoms with Gasteiger partial charge in [-0.05, 0) is 101 Å². The van der Waals surface area contributed by atoms with Crippen LogP contribution in [-0.2, 0) is 0 Å². The Morgan fingerprint density at radius 1 is 1.29 bits per heavy atom. The molecule has 28 heavy (non-hydrogen) atoms. The lowest BCUT2D eigenvalue weighted by Gasteiger charge is -2.57. The molecule has 0 heterocycles. The molecule has 0 saturated heterocycles. The summed E-state index contributed by atoms with van der Waals surface area (Å²) in [6, 6.07) is 0. The van der Waals surface area contributed by atoms with Crippen molar-refractivity contribution in [2.75, 3.05) is 0 Å². The van der Waals surface area contributed by atoms with Gasteiger partial charge in [-0.1, -0.05) is 50.5 Å². The Bertz CT molecular complexity index is 659. The summed E-state index contributed by atoms with van der Waals surface area (Å²) in [5, 5.41) is 4.40. The number of allylic oxidation sites excluding steroid dienone is 4. The Kier molecular flexibility index (Phi) is 7.89. The smallest absolute Gasteiger partial charge is 0.184 e. The molecule has 1 saturated carbocycles. The summed E-state index contributed by atoms with van der Waals surface area (Å²) in [6.45, 7) is 14.3. The summed E-state index contributed by atoms with van der Waals surface area (Å²) in [4.78, 5) is 0. The van der Waals surface area contributed by atoms with Crippen molar-refractivity contribution in [1.82, 2.24) is 5.43 Å². The van der Waals surface area contributed by atoms with Crippen molar-refractivity contribution < 1.29 is 0 Å². The molecule has 158 valence electrons. The zero-order valence-corrected chi connectivity index (χ0v) is 19.7. The molecular weight excluding hydrogens is 362 g/mol. The minimum Gasteiger partial charge on any atom is -0.375 e. The van der Waals surface area contributed by atoms with Crippen molar-refractivity contribution >= 4 is 23.0 Å². The van der Waals surface area contributed by atoms with E-state index in [1.165, 1.54) is 44.1 Å². The topological polar surface area (TPSA) is 50.4 Å². The minimum atomic E-state index is 0.222. The maximum Gasteiger partial charge on any atom is 0.184 e. The van der Waals surface area contributed by atoms with Gasteiger partial charge in [0.15, 0.2) is 5.11 Å². The first-order valence-corrected chi connectivity index (χ1v) is 11.4. The van der Waals surface area contributed by atoms with Crippen molar-refractivity contribution in [2.45, 2.75) is 92.9 Å². The van der Waals surface area contributed by atoms with Crippen molar-refractivity contribution in [2.24, 2.45) is 33.5 Å². The number of hydrazone groups is 1. The van der Waals surface area contributed by atoms with Crippen LogP contribution in [0.2, 0.25) is 0 Å². The van der Waals surface area contributed by atoms with E-state index in [0.29, 0.717) is 10.8 Å². The Hall–Kier alpha value is -1.16. The fourth-order valence-electron chi connectivity index (χ4n) is 5.90. The van der Waals surface area contributed by atoms with Crippen molar-refractivity contribution in [3.05, 3.63) is 23.3 Å². The predicted molar refractivity (Wildman–Crippen MR) is 126 cm³/mol. The van der Waals surface area contributed by atoms with Gasteiger partial charge in [-0.15, -0.1) is 0 Å².